The maximum absolute atomic E-state index is 11.2. The summed E-state index contributed by atoms with van der Waals surface area (Å²) in [6, 6.07) is 0.403. The molecule has 1 aliphatic heterocycles. The summed E-state index contributed by atoms with van der Waals surface area (Å²) in [6.07, 6.45) is 2.56. The van der Waals surface area contributed by atoms with Crippen molar-refractivity contribution in [3.63, 3.8) is 0 Å². The minimum atomic E-state index is -0.818. The van der Waals surface area contributed by atoms with Crippen molar-refractivity contribution in [1.82, 2.24) is 5.32 Å². The quantitative estimate of drug-likeness (QED) is 0.667. The molecule has 1 saturated carbocycles. The Hall–Kier alpha value is -0.610. The first kappa shape index (κ1) is 8.97. The molecule has 0 spiro atoms. The van der Waals surface area contributed by atoms with Crippen LogP contribution in [0.2, 0.25) is 0 Å². The van der Waals surface area contributed by atoms with E-state index in [0.717, 1.165) is 12.8 Å². The predicted molar refractivity (Wildman–Crippen MR) is 46.6 cm³/mol. The third-order valence-electron chi connectivity index (χ3n) is 2.98. The highest BCUT2D eigenvalue weighted by molar-refractivity contribution is 5.80. The van der Waals surface area contributed by atoms with Crippen LogP contribution in [0.25, 0.3) is 0 Å². The van der Waals surface area contributed by atoms with Gasteiger partial charge in [-0.2, -0.15) is 0 Å². The van der Waals surface area contributed by atoms with Gasteiger partial charge in [-0.25, -0.2) is 0 Å². The van der Waals surface area contributed by atoms with Crippen LogP contribution in [0, 0.1) is 0 Å². The molecule has 2 fully saturated rings. The van der Waals surface area contributed by atoms with Gasteiger partial charge in [-0.1, -0.05) is 0 Å². The lowest BCUT2D eigenvalue weighted by Crippen LogP contribution is -2.57. The molecule has 1 saturated heterocycles. The van der Waals surface area contributed by atoms with Crippen molar-refractivity contribution in [3.05, 3.63) is 0 Å². The molecular formula is C9H15NO3. The second-order valence-electron chi connectivity index (χ2n) is 3.96. The molecule has 4 nitrogen and oxygen atoms in total. The molecule has 0 bridgehead atoms. The molecule has 0 aromatic heterocycles. The number of carboxylic acids is 1. The van der Waals surface area contributed by atoms with Crippen molar-refractivity contribution in [2.24, 2.45) is 0 Å². The van der Waals surface area contributed by atoms with Crippen molar-refractivity contribution in [1.29, 1.82) is 0 Å². The average Bonchev–Trinajstić information content (AvgIpc) is 2.78. The molecule has 2 atom stereocenters. The number of nitrogens with one attached hydrogen (secondary N) is 1. The van der Waals surface area contributed by atoms with Crippen molar-refractivity contribution in [2.45, 2.75) is 43.9 Å². The summed E-state index contributed by atoms with van der Waals surface area (Å²) < 4.78 is 5.32. The normalized spacial score (nSPS) is 39.3. The van der Waals surface area contributed by atoms with E-state index in [2.05, 4.69) is 5.32 Å². The fourth-order valence-electron chi connectivity index (χ4n) is 1.87. The van der Waals surface area contributed by atoms with E-state index in [1.54, 1.807) is 0 Å². The summed E-state index contributed by atoms with van der Waals surface area (Å²) in [5.41, 5.74) is -0.818. The zero-order valence-corrected chi connectivity index (χ0v) is 7.75. The highest BCUT2D eigenvalue weighted by atomic mass is 16.5. The van der Waals surface area contributed by atoms with E-state index < -0.39 is 11.5 Å². The van der Waals surface area contributed by atoms with Crippen LogP contribution in [-0.2, 0) is 9.53 Å². The number of carbonyl (C=O) groups is 1. The van der Waals surface area contributed by atoms with Crippen molar-refractivity contribution < 1.29 is 14.6 Å². The van der Waals surface area contributed by atoms with Gasteiger partial charge in [0.25, 0.3) is 0 Å². The zero-order valence-electron chi connectivity index (χ0n) is 7.75. The molecule has 1 heterocycles. The standard InChI is InChI=1S/C9H15NO3/c1-6-9(8(11)12,4-5-13-6)10-7-2-3-7/h6-7,10H,2-5H2,1H3,(H,11,12). The predicted octanol–water partition coefficient (Wildman–Crippen LogP) is 0.371. The topological polar surface area (TPSA) is 58.6 Å². The second-order valence-corrected chi connectivity index (χ2v) is 3.96. The number of hydrogen-bond acceptors (Lipinski definition) is 3. The van der Waals surface area contributed by atoms with Gasteiger partial charge < -0.3 is 9.84 Å². The van der Waals surface area contributed by atoms with E-state index in [4.69, 9.17) is 9.84 Å². The van der Waals surface area contributed by atoms with Crippen LogP contribution in [0.5, 0.6) is 0 Å². The first-order valence-electron chi connectivity index (χ1n) is 4.78. The minimum absolute atomic E-state index is 0.217. The Labute approximate surface area is 77.3 Å². The number of hydrogen-bond donors (Lipinski definition) is 2. The molecule has 4 heteroatoms. The van der Waals surface area contributed by atoms with Crippen LogP contribution in [0.15, 0.2) is 0 Å². The zero-order chi connectivity index (χ0) is 9.47. The van der Waals surface area contributed by atoms with Crippen molar-refractivity contribution >= 4 is 5.97 Å². The summed E-state index contributed by atoms with van der Waals surface area (Å²) in [7, 11) is 0. The lowest BCUT2D eigenvalue weighted by Gasteiger charge is -2.28. The number of rotatable bonds is 3. The van der Waals surface area contributed by atoms with E-state index in [1.807, 2.05) is 6.92 Å². The Morgan fingerprint density at radius 2 is 2.31 bits per heavy atom. The summed E-state index contributed by atoms with van der Waals surface area (Å²) in [5.74, 6) is -0.774. The molecule has 0 amide bonds. The molecule has 2 unspecified atom stereocenters. The first-order chi connectivity index (χ1) is 6.15. The van der Waals surface area contributed by atoms with Gasteiger partial charge in [0.2, 0.25) is 0 Å². The SMILES string of the molecule is CC1OCCC1(NC1CC1)C(=O)O. The van der Waals surface area contributed by atoms with Crippen LogP contribution in [0.3, 0.4) is 0 Å². The van der Waals surface area contributed by atoms with Gasteiger partial charge in [0.15, 0.2) is 0 Å². The van der Waals surface area contributed by atoms with Crippen LogP contribution >= 0.6 is 0 Å². The molecule has 0 aromatic carbocycles. The summed E-state index contributed by atoms with van der Waals surface area (Å²) in [4.78, 5) is 11.2. The van der Waals surface area contributed by atoms with Crippen LogP contribution < -0.4 is 5.32 Å². The van der Waals surface area contributed by atoms with Gasteiger partial charge in [-0.05, 0) is 19.8 Å². The number of aliphatic carboxylic acids is 1. The van der Waals surface area contributed by atoms with Crippen LogP contribution in [0.1, 0.15) is 26.2 Å². The molecule has 74 valence electrons. The molecular weight excluding hydrogens is 170 g/mol. The van der Waals surface area contributed by atoms with Crippen LogP contribution in [0.4, 0.5) is 0 Å². The summed E-state index contributed by atoms with van der Waals surface area (Å²) in [5, 5.41) is 12.4. The maximum atomic E-state index is 11.2. The minimum Gasteiger partial charge on any atom is -0.480 e. The third kappa shape index (κ3) is 1.44. The highest BCUT2D eigenvalue weighted by Gasteiger charge is 2.50. The molecule has 0 aromatic rings. The second kappa shape index (κ2) is 2.96. The summed E-state index contributed by atoms with van der Waals surface area (Å²) in [6.45, 7) is 2.38. The fraction of sp³-hybridized carbons (Fsp3) is 0.889. The average molecular weight is 185 g/mol. The van der Waals surface area contributed by atoms with E-state index in [0.29, 0.717) is 19.1 Å². The fourth-order valence-corrected chi connectivity index (χ4v) is 1.87. The van der Waals surface area contributed by atoms with Gasteiger partial charge in [-0.15, -0.1) is 0 Å². The molecule has 2 N–H and O–H groups in total. The van der Waals surface area contributed by atoms with E-state index in [-0.39, 0.29) is 6.10 Å². The Bertz CT molecular complexity index is 227. The Morgan fingerprint density at radius 3 is 2.69 bits per heavy atom. The Balaban J connectivity index is 2.12. The highest BCUT2D eigenvalue weighted by Crippen LogP contribution is 2.31. The summed E-state index contributed by atoms with van der Waals surface area (Å²) >= 11 is 0. The molecule has 2 aliphatic rings. The van der Waals surface area contributed by atoms with Crippen molar-refractivity contribution in [3.8, 4) is 0 Å². The van der Waals surface area contributed by atoms with E-state index in [9.17, 15) is 4.79 Å². The molecule has 0 radical (unpaired) electrons. The van der Waals surface area contributed by atoms with Gasteiger partial charge >= 0.3 is 5.97 Å². The van der Waals surface area contributed by atoms with Gasteiger partial charge in [0.05, 0.1) is 6.10 Å². The molecule has 2 rings (SSSR count). The van der Waals surface area contributed by atoms with Gasteiger partial charge in [0.1, 0.15) is 5.54 Å². The Kier molecular flexibility index (Phi) is 2.04. The van der Waals surface area contributed by atoms with Crippen molar-refractivity contribution in [2.75, 3.05) is 6.61 Å². The van der Waals surface area contributed by atoms with E-state index >= 15 is 0 Å². The lowest BCUT2D eigenvalue weighted by atomic mass is 9.92. The van der Waals surface area contributed by atoms with Crippen LogP contribution in [-0.4, -0.2) is 35.4 Å². The maximum Gasteiger partial charge on any atom is 0.326 e. The smallest absolute Gasteiger partial charge is 0.326 e. The monoisotopic (exact) mass is 185 g/mol. The van der Waals surface area contributed by atoms with E-state index in [1.165, 1.54) is 0 Å². The van der Waals surface area contributed by atoms with Gasteiger partial charge in [0, 0.05) is 19.1 Å². The molecule has 13 heavy (non-hydrogen) atoms. The largest absolute Gasteiger partial charge is 0.480 e. The first-order valence-corrected chi connectivity index (χ1v) is 4.78. The van der Waals surface area contributed by atoms with Gasteiger partial charge in [-0.3, -0.25) is 10.1 Å². The Morgan fingerprint density at radius 1 is 1.62 bits per heavy atom. The lowest BCUT2D eigenvalue weighted by molar-refractivity contribution is -0.147. The number of ether oxygens (including phenoxy) is 1. The number of carboxylic acid groups (broad SMARTS) is 1. The third-order valence-corrected chi connectivity index (χ3v) is 2.98. The molecule has 1 aliphatic carbocycles.